The number of methoxy groups -OCH3 is 1. The standard InChI is InChI=1S/C23H24N2O4S2/c1-16-8-10-19(11-9-16)30-13-12-22(27)29-14-18-15-31-23(24-18)25(17(2)26)20-6-4-5-7-21(20)28-3/h4-11,15H,12-14H2,1-3H3. The molecule has 0 saturated heterocycles. The molecule has 0 radical (unpaired) electrons. The highest BCUT2D eigenvalue weighted by Gasteiger charge is 2.21. The van der Waals surface area contributed by atoms with E-state index in [1.54, 1.807) is 36.4 Å². The number of esters is 1. The van der Waals surface area contributed by atoms with Gasteiger partial charge in [0.25, 0.3) is 0 Å². The molecular weight excluding hydrogens is 432 g/mol. The van der Waals surface area contributed by atoms with Crippen LogP contribution in [0.1, 0.15) is 24.6 Å². The second-order valence-electron chi connectivity index (χ2n) is 6.72. The number of amides is 1. The van der Waals surface area contributed by atoms with Gasteiger partial charge < -0.3 is 9.47 Å². The number of rotatable bonds is 9. The van der Waals surface area contributed by atoms with Crippen LogP contribution in [0.4, 0.5) is 10.8 Å². The van der Waals surface area contributed by atoms with Crippen molar-refractivity contribution in [3.63, 3.8) is 0 Å². The smallest absolute Gasteiger partial charge is 0.307 e. The minimum absolute atomic E-state index is 0.0716. The third kappa shape index (κ3) is 6.32. The summed E-state index contributed by atoms with van der Waals surface area (Å²) in [5.41, 5.74) is 2.42. The SMILES string of the molecule is COc1ccccc1N(C(C)=O)c1nc(COC(=O)CCSc2ccc(C)cc2)cs1. The van der Waals surface area contributed by atoms with Gasteiger partial charge in [0, 0.05) is 23.0 Å². The van der Waals surface area contributed by atoms with Crippen LogP contribution in [-0.2, 0) is 20.9 Å². The number of ether oxygens (including phenoxy) is 2. The number of thiazole rings is 1. The average Bonchev–Trinajstić information content (AvgIpc) is 3.22. The molecule has 0 aliphatic heterocycles. The molecule has 6 nitrogen and oxygen atoms in total. The molecule has 0 spiro atoms. The highest BCUT2D eigenvalue weighted by molar-refractivity contribution is 7.99. The summed E-state index contributed by atoms with van der Waals surface area (Å²) in [5, 5.41) is 2.28. The van der Waals surface area contributed by atoms with Crippen LogP contribution in [0, 0.1) is 6.92 Å². The van der Waals surface area contributed by atoms with Gasteiger partial charge >= 0.3 is 5.97 Å². The zero-order valence-electron chi connectivity index (χ0n) is 17.7. The molecule has 31 heavy (non-hydrogen) atoms. The molecular formula is C23H24N2O4S2. The lowest BCUT2D eigenvalue weighted by Crippen LogP contribution is -2.23. The van der Waals surface area contributed by atoms with Crippen molar-refractivity contribution in [1.29, 1.82) is 0 Å². The van der Waals surface area contributed by atoms with Crippen LogP contribution >= 0.6 is 23.1 Å². The molecule has 0 atom stereocenters. The van der Waals surface area contributed by atoms with Crippen LogP contribution in [0.5, 0.6) is 5.75 Å². The van der Waals surface area contributed by atoms with Crippen LogP contribution < -0.4 is 9.64 Å². The van der Waals surface area contributed by atoms with E-state index < -0.39 is 0 Å². The molecule has 0 N–H and O–H groups in total. The Balaban J connectivity index is 1.55. The fourth-order valence-electron chi connectivity index (χ4n) is 2.80. The molecule has 3 aromatic rings. The number of aryl methyl sites for hydroxylation is 1. The first-order valence-electron chi connectivity index (χ1n) is 9.71. The van der Waals surface area contributed by atoms with Crippen LogP contribution in [0.3, 0.4) is 0 Å². The van der Waals surface area contributed by atoms with Gasteiger partial charge in [-0.3, -0.25) is 14.5 Å². The van der Waals surface area contributed by atoms with Crippen molar-refractivity contribution >= 4 is 45.8 Å². The molecule has 0 unspecified atom stereocenters. The summed E-state index contributed by atoms with van der Waals surface area (Å²) in [6.07, 6.45) is 0.316. The molecule has 2 aromatic carbocycles. The third-order valence-electron chi connectivity index (χ3n) is 4.35. The van der Waals surface area contributed by atoms with Crippen LogP contribution in [0.2, 0.25) is 0 Å². The van der Waals surface area contributed by atoms with Crippen molar-refractivity contribution in [1.82, 2.24) is 4.98 Å². The van der Waals surface area contributed by atoms with E-state index in [1.165, 1.54) is 28.7 Å². The minimum Gasteiger partial charge on any atom is -0.495 e. The van der Waals surface area contributed by atoms with Crippen molar-refractivity contribution < 1.29 is 19.1 Å². The van der Waals surface area contributed by atoms with Gasteiger partial charge in [-0.2, -0.15) is 0 Å². The second-order valence-corrected chi connectivity index (χ2v) is 8.72. The number of anilines is 2. The number of hydrogen-bond acceptors (Lipinski definition) is 7. The highest BCUT2D eigenvalue weighted by Crippen LogP contribution is 2.35. The lowest BCUT2D eigenvalue weighted by Gasteiger charge is -2.20. The molecule has 0 fully saturated rings. The maximum atomic E-state index is 12.3. The molecule has 0 aliphatic rings. The summed E-state index contributed by atoms with van der Waals surface area (Å²) in [5.74, 6) is 0.764. The first-order valence-corrected chi connectivity index (χ1v) is 11.6. The molecule has 3 rings (SSSR count). The van der Waals surface area contributed by atoms with E-state index in [-0.39, 0.29) is 18.5 Å². The number of aromatic nitrogens is 1. The average molecular weight is 457 g/mol. The summed E-state index contributed by atoms with van der Waals surface area (Å²) in [6, 6.07) is 15.5. The minimum atomic E-state index is -0.276. The Labute approximate surface area is 190 Å². The Morgan fingerprint density at radius 2 is 1.87 bits per heavy atom. The quantitative estimate of drug-likeness (QED) is 0.318. The summed E-state index contributed by atoms with van der Waals surface area (Å²) < 4.78 is 10.7. The van der Waals surface area contributed by atoms with E-state index in [2.05, 4.69) is 17.1 Å². The lowest BCUT2D eigenvalue weighted by atomic mass is 10.2. The zero-order valence-corrected chi connectivity index (χ0v) is 19.3. The van der Waals surface area contributed by atoms with Crippen molar-refractivity contribution in [2.75, 3.05) is 17.8 Å². The van der Waals surface area contributed by atoms with E-state index in [9.17, 15) is 9.59 Å². The van der Waals surface area contributed by atoms with E-state index >= 15 is 0 Å². The van der Waals surface area contributed by atoms with Gasteiger partial charge in [0.15, 0.2) is 5.13 Å². The molecule has 1 amide bonds. The first-order chi connectivity index (χ1) is 15.0. The summed E-state index contributed by atoms with van der Waals surface area (Å²) in [7, 11) is 1.56. The molecule has 0 aliphatic carbocycles. The van der Waals surface area contributed by atoms with E-state index in [4.69, 9.17) is 9.47 Å². The predicted molar refractivity (Wildman–Crippen MR) is 124 cm³/mol. The van der Waals surface area contributed by atoms with Gasteiger partial charge in [-0.15, -0.1) is 23.1 Å². The van der Waals surface area contributed by atoms with Gasteiger partial charge in [0.05, 0.1) is 24.9 Å². The van der Waals surface area contributed by atoms with E-state index in [0.29, 0.717) is 34.4 Å². The Hall–Kier alpha value is -2.84. The van der Waals surface area contributed by atoms with Gasteiger partial charge in [-0.1, -0.05) is 29.8 Å². The van der Waals surface area contributed by atoms with Crippen molar-refractivity contribution in [2.24, 2.45) is 0 Å². The van der Waals surface area contributed by atoms with Gasteiger partial charge in [0.1, 0.15) is 12.4 Å². The van der Waals surface area contributed by atoms with Gasteiger partial charge in [-0.25, -0.2) is 4.98 Å². The largest absolute Gasteiger partial charge is 0.495 e. The Kier molecular flexibility index (Phi) is 8.08. The molecule has 1 aromatic heterocycles. The van der Waals surface area contributed by atoms with Crippen molar-refractivity contribution in [3.8, 4) is 5.75 Å². The van der Waals surface area contributed by atoms with Crippen molar-refractivity contribution in [2.45, 2.75) is 31.8 Å². The van der Waals surface area contributed by atoms with E-state index in [0.717, 1.165) is 4.90 Å². The Morgan fingerprint density at radius 1 is 1.13 bits per heavy atom. The number of nitrogens with zero attached hydrogens (tertiary/aromatic N) is 2. The molecule has 0 bridgehead atoms. The number of carbonyl (C=O) groups excluding carboxylic acids is 2. The number of para-hydroxylation sites is 2. The lowest BCUT2D eigenvalue weighted by molar-refractivity contribution is -0.144. The maximum absolute atomic E-state index is 12.3. The second kappa shape index (κ2) is 11.0. The monoisotopic (exact) mass is 456 g/mol. The zero-order chi connectivity index (χ0) is 22.2. The molecule has 8 heteroatoms. The maximum Gasteiger partial charge on any atom is 0.307 e. The number of thioether (sulfide) groups is 1. The van der Waals surface area contributed by atoms with Gasteiger partial charge in [-0.05, 0) is 31.2 Å². The Bertz CT molecular complexity index is 1030. The molecule has 1 heterocycles. The van der Waals surface area contributed by atoms with Crippen LogP contribution in [-0.4, -0.2) is 29.7 Å². The molecule has 0 saturated carbocycles. The van der Waals surface area contributed by atoms with Gasteiger partial charge in [0.2, 0.25) is 5.91 Å². The van der Waals surface area contributed by atoms with Crippen molar-refractivity contribution in [3.05, 3.63) is 65.2 Å². The third-order valence-corrected chi connectivity index (χ3v) is 6.24. The fraction of sp³-hybridized carbons (Fsp3) is 0.261. The number of carbonyl (C=O) groups is 2. The fourth-order valence-corrected chi connectivity index (χ4v) is 4.50. The summed E-state index contributed by atoms with van der Waals surface area (Å²) in [6.45, 7) is 3.59. The topological polar surface area (TPSA) is 68.7 Å². The summed E-state index contributed by atoms with van der Waals surface area (Å²) >= 11 is 2.93. The normalized spacial score (nSPS) is 10.5. The van der Waals surface area contributed by atoms with Crippen LogP contribution in [0.25, 0.3) is 0 Å². The predicted octanol–water partition coefficient (Wildman–Crippen LogP) is 5.37. The highest BCUT2D eigenvalue weighted by atomic mass is 32.2. The number of benzene rings is 2. The summed E-state index contributed by atoms with van der Waals surface area (Å²) in [4.78, 5) is 31.5. The van der Waals surface area contributed by atoms with Crippen LogP contribution in [0.15, 0.2) is 58.8 Å². The molecule has 162 valence electrons. The number of hydrogen-bond donors (Lipinski definition) is 0. The Morgan fingerprint density at radius 3 is 2.58 bits per heavy atom. The first kappa shape index (κ1) is 22.8. The van der Waals surface area contributed by atoms with E-state index in [1.807, 2.05) is 31.2 Å².